The molecule has 1 N–H and O–H groups in total. The van der Waals surface area contributed by atoms with Gasteiger partial charge in [-0.1, -0.05) is 65.7 Å². The van der Waals surface area contributed by atoms with Gasteiger partial charge < -0.3 is 14.6 Å². The Kier molecular flexibility index (Phi) is 7.20. The molecule has 1 aliphatic heterocycles. The predicted molar refractivity (Wildman–Crippen MR) is 125 cm³/mol. The molecular formula is C26H26ClNO4. The summed E-state index contributed by atoms with van der Waals surface area (Å²) in [5, 5.41) is 10.2. The summed E-state index contributed by atoms with van der Waals surface area (Å²) in [6, 6.07) is 18.1. The largest absolute Gasteiger partial charge is 0.481 e. The Morgan fingerprint density at radius 2 is 2.00 bits per heavy atom. The van der Waals surface area contributed by atoms with Crippen molar-refractivity contribution < 1.29 is 19.4 Å². The minimum atomic E-state index is -0.792. The third-order valence-corrected chi connectivity index (χ3v) is 5.93. The molecule has 1 aliphatic rings. The maximum Gasteiger partial charge on any atom is 0.303 e. The van der Waals surface area contributed by atoms with Crippen molar-refractivity contribution in [3.05, 3.63) is 88.6 Å². The molecule has 1 saturated heterocycles. The van der Waals surface area contributed by atoms with Gasteiger partial charge in [-0.3, -0.25) is 4.79 Å². The van der Waals surface area contributed by atoms with Gasteiger partial charge in [0, 0.05) is 23.3 Å². The first-order valence-corrected chi connectivity index (χ1v) is 11.1. The number of nitrogens with zero attached hydrogens (tertiary/aromatic N) is 1. The smallest absolute Gasteiger partial charge is 0.303 e. The molecular weight excluding hydrogens is 426 g/mol. The van der Waals surface area contributed by atoms with Gasteiger partial charge in [0.1, 0.15) is 5.15 Å². The summed E-state index contributed by atoms with van der Waals surface area (Å²) in [5.74, 6) is -0.691. The fourth-order valence-corrected chi connectivity index (χ4v) is 4.21. The van der Waals surface area contributed by atoms with E-state index in [4.69, 9.17) is 26.2 Å². The maximum absolute atomic E-state index is 10.7. The van der Waals surface area contributed by atoms with E-state index in [0.29, 0.717) is 18.2 Å². The Hall–Kier alpha value is -2.73. The Morgan fingerprint density at radius 3 is 2.78 bits per heavy atom. The van der Waals surface area contributed by atoms with Crippen molar-refractivity contribution in [3.63, 3.8) is 0 Å². The molecule has 0 radical (unpaired) electrons. The van der Waals surface area contributed by atoms with E-state index in [0.717, 1.165) is 34.0 Å². The van der Waals surface area contributed by atoms with Crippen LogP contribution in [0.25, 0.3) is 10.9 Å². The molecule has 3 aromatic rings. The van der Waals surface area contributed by atoms with Gasteiger partial charge in [0.05, 0.1) is 18.2 Å². The van der Waals surface area contributed by atoms with Crippen molar-refractivity contribution in [2.45, 2.75) is 38.6 Å². The van der Waals surface area contributed by atoms with E-state index in [2.05, 4.69) is 23.2 Å². The van der Waals surface area contributed by atoms with Gasteiger partial charge in [-0.25, -0.2) is 4.98 Å². The number of benzene rings is 2. The summed E-state index contributed by atoms with van der Waals surface area (Å²) in [4.78, 5) is 15.2. The van der Waals surface area contributed by atoms with Crippen LogP contribution in [0.5, 0.6) is 0 Å². The van der Waals surface area contributed by atoms with Gasteiger partial charge in [-0.2, -0.15) is 0 Å². The van der Waals surface area contributed by atoms with Crippen LogP contribution in [0.2, 0.25) is 5.15 Å². The Labute approximate surface area is 192 Å². The first-order chi connectivity index (χ1) is 15.5. The summed E-state index contributed by atoms with van der Waals surface area (Å²) in [6.45, 7) is 2.54. The Balaban J connectivity index is 1.56. The van der Waals surface area contributed by atoms with Crippen molar-refractivity contribution >= 4 is 28.5 Å². The molecule has 3 unspecified atom stereocenters. The SMILES string of the molecule is Cc1ccc2nc(Cl)c(C3OCC(C/C=C\CCC(=O)O)C(c4ccccc4)O3)cc2c1. The lowest BCUT2D eigenvalue weighted by molar-refractivity contribution is -0.243. The molecule has 0 bridgehead atoms. The number of fused-ring (bicyclic) bond motifs is 1. The van der Waals surface area contributed by atoms with Crippen molar-refractivity contribution in [1.29, 1.82) is 0 Å². The average molecular weight is 452 g/mol. The highest BCUT2D eigenvalue weighted by atomic mass is 35.5. The van der Waals surface area contributed by atoms with E-state index < -0.39 is 12.3 Å². The molecule has 0 spiro atoms. The number of allylic oxidation sites excluding steroid dienone is 2. The topological polar surface area (TPSA) is 68.7 Å². The molecule has 32 heavy (non-hydrogen) atoms. The molecule has 1 aromatic heterocycles. The van der Waals surface area contributed by atoms with Crippen molar-refractivity contribution in [2.24, 2.45) is 5.92 Å². The lowest BCUT2D eigenvalue weighted by atomic mass is 9.92. The maximum atomic E-state index is 10.7. The zero-order valence-corrected chi connectivity index (χ0v) is 18.7. The van der Waals surface area contributed by atoms with Crippen LogP contribution < -0.4 is 0 Å². The van der Waals surface area contributed by atoms with E-state index >= 15 is 0 Å². The molecule has 5 nitrogen and oxygen atoms in total. The molecule has 3 atom stereocenters. The van der Waals surface area contributed by atoms with Crippen LogP contribution in [0.15, 0.2) is 66.7 Å². The number of carboxylic acid groups (broad SMARTS) is 1. The fraction of sp³-hybridized carbons (Fsp3) is 0.308. The highest BCUT2D eigenvalue weighted by Crippen LogP contribution is 2.41. The van der Waals surface area contributed by atoms with Crippen LogP contribution in [0.3, 0.4) is 0 Å². The predicted octanol–water partition coefficient (Wildman–Crippen LogP) is 6.41. The summed E-state index contributed by atoms with van der Waals surface area (Å²) in [7, 11) is 0. The molecule has 0 aliphatic carbocycles. The number of aliphatic carboxylic acids is 1. The van der Waals surface area contributed by atoms with Gasteiger partial charge in [-0.15, -0.1) is 0 Å². The summed E-state index contributed by atoms with van der Waals surface area (Å²) < 4.78 is 12.6. The van der Waals surface area contributed by atoms with E-state index in [1.807, 2.05) is 55.5 Å². The molecule has 6 heteroatoms. The summed E-state index contributed by atoms with van der Waals surface area (Å²) in [5.41, 5.74) is 3.78. The number of aryl methyl sites for hydroxylation is 1. The lowest BCUT2D eigenvalue weighted by Gasteiger charge is -2.37. The van der Waals surface area contributed by atoms with Crippen LogP contribution in [0, 0.1) is 12.8 Å². The average Bonchev–Trinajstić information content (AvgIpc) is 2.79. The van der Waals surface area contributed by atoms with Crippen LogP contribution in [0.4, 0.5) is 0 Å². The number of carboxylic acids is 1. The number of ether oxygens (including phenoxy) is 2. The zero-order valence-electron chi connectivity index (χ0n) is 17.9. The van der Waals surface area contributed by atoms with E-state index in [9.17, 15) is 4.79 Å². The Bertz CT molecular complexity index is 1120. The second-order valence-corrected chi connectivity index (χ2v) is 8.45. The number of aromatic nitrogens is 1. The van der Waals surface area contributed by atoms with Gasteiger partial charge >= 0.3 is 5.97 Å². The van der Waals surface area contributed by atoms with Crippen LogP contribution in [0.1, 0.15) is 48.3 Å². The third kappa shape index (κ3) is 5.36. The van der Waals surface area contributed by atoms with E-state index in [1.54, 1.807) is 0 Å². The van der Waals surface area contributed by atoms with Gasteiger partial charge in [0.25, 0.3) is 0 Å². The number of halogens is 1. The van der Waals surface area contributed by atoms with Crippen LogP contribution in [-0.4, -0.2) is 22.7 Å². The number of carbonyl (C=O) groups is 1. The van der Waals surface area contributed by atoms with Crippen LogP contribution in [-0.2, 0) is 14.3 Å². The minimum Gasteiger partial charge on any atom is -0.481 e. The number of rotatable bonds is 7. The van der Waals surface area contributed by atoms with Gasteiger partial charge in [0.2, 0.25) is 0 Å². The quantitative estimate of drug-likeness (QED) is 0.332. The highest BCUT2D eigenvalue weighted by Gasteiger charge is 2.34. The number of hydrogen-bond acceptors (Lipinski definition) is 4. The summed E-state index contributed by atoms with van der Waals surface area (Å²) >= 11 is 6.52. The molecule has 4 rings (SSSR count). The van der Waals surface area contributed by atoms with Gasteiger partial charge in [0.15, 0.2) is 6.29 Å². The molecule has 0 saturated carbocycles. The first-order valence-electron chi connectivity index (χ1n) is 10.8. The van der Waals surface area contributed by atoms with Crippen molar-refractivity contribution in [3.8, 4) is 0 Å². The fourth-order valence-electron chi connectivity index (χ4n) is 3.98. The first kappa shape index (κ1) is 22.5. The van der Waals surface area contributed by atoms with Crippen molar-refractivity contribution in [2.75, 3.05) is 6.61 Å². The minimum absolute atomic E-state index is 0.101. The zero-order chi connectivity index (χ0) is 22.5. The van der Waals surface area contributed by atoms with Crippen LogP contribution >= 0.6 is 11.6 Å². The lowest BCUT2D eigenvalue weighted by Crippen LogP contribution is -2.30. The second kappa shape index (κ2) is 10.3. The standard InChI is InChI=1S/C26H26ClNO4/c1-17-12-13-22-20(14-17)15-21(25(27)28-22)26-31-16-19(10-6-3-7-11-23(29)30)24(32-26)18-8-4-2-5-9-18/h2-6,8-9,12-15,19,24,26H,7,10-11,16H2,1H3,(H,29,30)/b6-3-. The number of hydrogen-bond donors (Lipinski definition) is 1. The molecule has 2 heterocycles. The molecule has 1 fully saturated rings. The Morgan fingerprint density at radius 1 is 1.19 bits per heavy atom. The molecule has 2 aromatic carbocycles. The molecule has 0 amide bonds. The third-order valence-electron chi connectivity index (χ3n) is 5.62. The van der Waals surface area contributed by atoms with Crippen molar-refractivity contribution in [1.82, 2.24) is 4.98 Å². The summed E-state index contributed by atoms with van der Waals surface area (Å²) in [6.07, 6.45) is 4.51. The van der Waals surface area contributed by atoms with E-state index in [-0.39, 0.29) is 18.4 Å². The normalized spacial score (nSPS) is 21.2. The molecule has 166 valence electrons. The number of pyridine rings is 1. The van der Waals surface area contributed by atoms with E-state index in [1.165, 1.54) is 0 Å². The second-order valence-electron chi connectivity index (χ2n) is 8.10. The highest BCUT2D eigenvalue weighted by molar-refractivity contribution is 6.30. The van der Waals surface area contributed by atoms with Gasteiger partial charge in [-0.05, 0) is 43.5 Å². The monoisotopic (exact) mass is 451 g/mol.